The second-order valence-electron chi connectivity index (χ2n) is 5.72. The number of hydrogen-bond acceptors (Lipinski definition) is 0. The van der Waals surface area contributed by atoms with Crippen LogP contribution in [0.2, 0.25) is 0 Å². The molecule has 1 aromatic rings. The van der Waals surface area contributed by atoms with Gasteiger partial charge in [0.25, 0.3) is 0 Å². The lowest BCUT2D eigenvalue weighted by Gasteiger charge is -2.24. The molecule has 0 heteroatoms. The second-order valence-corrected chi connectivity index (χ2v) is 5.72. The fourth-order valence-electron chi connectivity index (χ4n) is 1.96. The quantitative estimate of drug-likeness (QED) is 0.636. The summed E-state index contributed by atoms with van der Waals surface area (Å²) < 4.78 is 0. The van der Waals surface area contributed by atoms with E-state index >= 15 is 0 Å². The zero-order valence-corrected chi connectivity index (χ0v) is 11.7. The van der Waals surface area contributed by atoms with Crippen molar-refractivity contribution in [3.8, 4) is 0 Å². The van der Waals surface area contributed by atoms with E-state index < -0.39 is 0 Å². The summed E-state index contributed by atoms with van der Waals surface area (Å²) in [6.07, 6.45) is 6.35. The molecule has 0 aliphatic rings. The van der Waals surface area contributed by atoms with E-state index in [1.54, 1.807) is 0 Å². The number of rotatable bonds is 4. The first-order chi connectivity index (χ1) is 7.83. The minimum atomic E-state index is 0.0449. The molecule has 0 heterocycles. The molecular formula is C17H24. The van der Waals surface area contributed by atoms with Crippen LogP contribution in [0.5, 0.6) is 0 Å². The Labute approximate surface area is 106 Å². The summed E-state index contributed by atoms with van der Waals surface area (Å²) in [6, 6.07) is 8.87. The molecule has 0 N–H and O–H groups in total. The molecule has 0 unspecified atom stereocenters. The molecule has 0 atom stereocenters. The van der Waals surface area contributed by atoms with Crippen LogP contribution in [0.4, 0.5) is 0 Å². The zero-order chi connectivity index (χ0) is 13.1. The molecule has 1 rings (SSSR count). The van der Waals surface area contributed by atoms with Crippen molar-refractivity contribution in [2.45, 2.75) is 45.4 Å². The third kappa shape index (κ3) is 3.09. The molecule has 0 bridgehead atoms. The average molecular weight is 228 g/mol. The smallest absolute Gasteiger partial charge is 0.00752 e. The van der Waals surface area contributed by atoms with Gasteiger partial charge in [0.1, 0.15) is 0 Å². The average Bonchev–Trinajstić information content (AvgIpc) is 2.29. The number of hydrogen-bond donors (Lipinski definition) is 0. The Morgan fingerprint density at radius 3 is 1.65 bits per heavy atom. The van der Waals surface area contributed by atoms with Crippen molar-refractivity contribution < 1.29 is 0 Å². The van der Waals surface area contributed by atoms with Crippen LogP contribution in [0.3, 0.4) is 0 Å². The standard InChI is InChI=1S/C17H24/c1-7-13-17(5,6)15-11-9-14(10-12-15)16(3,4)8-2/h7-13H,2H2,1,3-6H3/b13-7+. The van der Waals surface area contributed by atoms with Gasteiger partial charge in [0.05, 0.1) is 0 Å². The van der Waals surface area contributed by atoms with Crippen molar-refractivity contribution in [2.24, 2.45) is 0 Å². The molecule has 1 aromatic carbocycles. The van der Waals surface area contributed by atoms with Gasteiger partial charge in [0, 0.05) is 10.8 Å². The Balaban J connectivity index is 3.08. The van der Waals surface area contributed by atoms with Crippen LogP contribution in [0.25, 0.3) is 0 Å². The minimum absolute atomic E-state index is 0.0449. The fraction of sp³-hybridized carbons (Fsp3) is 0.412. The summed E-state index contributed by atoms with van der Waals surface area (Å²) in [5.41, 5.74) is 2.81. The van der Waals surface area contributed by atoms with E-state index in [4.69, 9.17) is 0 Å². The van der Waals surface area contributed by atoms with Gasteiger partial charge in [-0.05, 0) is 18.1 Å². The van der Waals surface area contributed by atoms with Crippen LogP contribution >= 0.6 is 0 Å². The molecule has 0 aromatic heterocycles. The summed E-state index contributed by atoms with van der Waals surface area (Å²) in [5, 5.41) is 0. The van der Waals surface area contributed by atoms with Crippen LogP contribution in [-0.4, -0.2) is 0 Å². The summed E-state index contributed by atoms with van der Waals surface area (Å²) >= 11 is 0. The monoisotopic (exact) mass is 228 g/mol. The van der Waals surface area contributed by atoms with Gasteiger partial charge in [-0.3, -0.25) is 0 Å². The van der Waals surface area contributed by atoms with Crippen LogP contribution < -0.4 is 0 Å². The van der Waals surface area contributed by atoms with Crippen LogP contribution in [0, 0.1) is 0 Å². The highest BCUT2D eigenvalue weighted by atomic mass is 14.2. The van der Waals surface area contributed by atoms with Gasteiger partial charge in [0.15, 0.2) is 0 Å². The summed E-state index contributed by atoms with van der Waals surface area (Å²) in [7, 11) is 0. The maximum Gasteiger partial charge on any atom is 0.00752 e. The molecular weight excluding hydrogens is 204 g/mol. The maximum absolute atomic E-state index is 3.90. The fourth-order valence-corrected chi connectivity index (χ4v) is 1.96. The van der Waals surface area contributed by atoms with E-state index in [9.17, 15) is 0 Å². The van der Waals surface area contributed by atoms with E-state index in [-0.39, 0.29) is 10.8 Å². The lowest BCUT2D eigenvalue weighted by atomic mass is 9.80. The van der Waals surface area contributed by atoms with Gasteiger partial charge >= 0.3 is 0 Å². The first kappa shape index (κ1) is 13.8. The molecule has 0 saturated carbocycles. The molecule has 0 nitrogen and oxygen atoms in total. The van der Waals surface area contributed by atoms with Crippen molar-refractivity contribution in [2.75, 3.05) is 0 Å². The highest BCUT2D eigenvalue weighted by Gasteiger charge is 2.19. The topological polar surface area (TPSA) is 0 Å². The molecule has 0 spiro atoms. The van der Waals surface area contributed by atoms with E-state index in [1.165, 1.54) is 11.1 Å². The van der Waals surface area contributed by atoms with Crippen LogP contribution in [0.1, 0.15) is 45.7 Å². The van der Waals surface area contributed by atoms with Crippen LogP contribution in [0.15, 0.2) is 49.1 Å². The molecule has 0 amide bonds. The second kappa shape index (κ2) is 4.91. The van der Waals surface area contributed by atoms with Gasteiger partial charge < -0.3 is 0 Å². The molecule has 17 heavy (non-hydrogen) atoms. The first-order valence-electron chi connectivity index (χ1n) is 6.22. The molecule has 92 valence electrons. The minimum Gasteiger partial charge on any atom is -0.102 e. The molecule has 0 aliphatic carbocycles. The molecule has 0 radical (unpaired) electrons. The van der Waals surface area contributed by atoms with Crippen molar-refractivity contribution in [1.82, 2.24) is 0 Å². The third-order valence-corrected chi connectivity index (χ3v) is 3.47. The first-order valence-corrected chi connectivity index (χ1v) is 6.22. The third-order valence-electron chi connectivity index (χ3n) is 3.47. The summed E-state index contributed by atoms with van der Waals surface area (Å²) in [5.74, 6) is 0. The molecule has 0 fully saturated rings. The Hall–Kier alpha value is -1.30. The molecule has 0 saturated heterocycles. The van der Waals surface area contributed by atoms with Crippen molar-refractivity contribution in [3.63, 3.8) is 0 Å². The van der Waals surface area contributed by atoms with E-state index in [1.807, 2.05) is 6.08 Å². The Kier molecular flexibility index (Phi) is 3.98. The zero-order valence-electron chi connectivity index (χ0n) is 11.7. The van der Waals surface area contributed by atoms with E-state index in [0.717, 1.165) is 0 Å². The lowest BCUT2D eigenvalue weighted by Crippen LogP contribution is -2.16. The van der Waals surface area contributed by atoms with Gasteiger partial charge in [-0.15, -0.1) is 6.58 Å². The Morgan fingerprint density at radius 2 is 1.29 bits per heavy atom. The maximum atomic E-state index is 3.90. The number of benzene rings is 1. The van der Waals surface area contributed by atoms with Gasteiger partial charge in [-0.25, -0.2) is 0 Å². The van der Waals surface area contributed by atoms with Gasteiger partial charge in [0.2, 0.25) is 0 Å². The largest absolute Gasteiger partial charge is 0.102 e. The highest BCUT2D eigenvalue weighted by molar-refractivity contribution is 5.36. The van der Waals surface area contributed by atoms with Crippen molar-refractivity contribution >= 4 is 0 Å². The van der Waals surface area contributed by atoms with Crippen LogP contribution in [-0.2, 0) is 10.8 Å². The molecule has 0 aliphatic heterocycles. The Bertz CT molecular complexity index is 402. The lowest BCUT2D eigenvalue weighted by molar-refractivity contribution is 0.655. The van der Waals surface area contributed by atoms with Crippen molar-refractivity contribution in [1.29, 1.82) is 0 Å². The predicted octanol–water partition coefficient (Wildman–Crippen LogP) is 5.00. The number of allylic oxidation sites excluding steroid dienone is 3. The highest BCUT2D eigenvalue weighted by Crippen LogP contribution is 2.29. The summed E-state index contributed by atoms with van der Waals surface area (Å²) in [4.78, 5) is 0. The SMILES string of the molecule is C=CC(C)(C)c1ccc(C(C)(C)/C=C/C)cc1. The summed E-state index contributed by atoms with van der Waals surface area (Å²) in [6.45, 7) is 14.8. The van der Waals surface area contributed by atoms with E-state index in [0.29, 0.717) is 0 Å². The van der Waals surface area contributed by atoms with Gasteiger partial charge in [-0.2, -0.15) is 0 Å². The van der Waals surface area contributed by atoms with Gasteiger partial charge in [-0.1, -0.05) is 70.2 Å². The van der Waals surface area contributed by atoms with E-state index in [2.05, 4.69) is 77.6 Å². The Morgan fingerprint density at radius 1 is 0.882 bits per heavy atom. The van der Waals surface area contributed by atoms with Crippen molar-refractivity contribution in [3.05, 3.63) is 60.2 Å². The normalized spacial score (nSPS) is 13.0. The predicted molar refractivity (Wildman–Crippen MR) is 77.5 cm³/mol.